The summed E-state index contributed by atoms with van der Waals surface area (Å²) in [6, 6.07) is 0. The van der Waals surface area contributed by atoms with Crippen molar-refractivity contribution in [3.05, 3.63) is 11.9 Å². The SMILES string of the molecule is CCCCn1nncc1CCCCSC. The van der Waals surface area contributed by atoms with Crippen LogP contribution in [0.1, 0.15) is 38.3 Å². The number of aryl methyl sites for hydroxylation is 2. The molecule has 3 nitrogen and oxygen atoms in total. The number of hydrogen-bond donors (Lipinski definition) is 0. The van der Waals surface area contributed by atoms with E-state index in [0.717, 1.165) is 13.0 Å². The van der Waals surface area contributed by atoms with E-state index in [2.05, 4.69) is 28.2 Å². The minimum atomic E-state index is 1.02. The van der Waals surface area contributed by atoms with Crippen LogP contribution in [0.15, 0.2) is 6.20 Å². The molecule has 0 spiro atoms. The van der Waals surface area contributed by atoms with Gasteiger partial charge in [0.15, 0.2) is 0 Å². The van der Waals surface area contributed by atoms with Crippen molar-refractivity contribution in [3.63, 3.8) is 0 Å². The van der Waals surface area contributed by atoms with Crippen LogP contribution in [0, 0.1) is 0 Å². The second kappa shape index (κ2) is 7.74. The summed E-state index contributed by atoms with van der Waals surface area (Å²) in [7, 11) is 0. The van der Waals surface area contributed by atoms with Crippen LogP contribution in [-0.2, 0) is 13.0 Å². The first-order valence-electron chi connectivity index (χ1n) is 5.74. The van der Waals surface area contributed by atoms with E-state index in [-0.39, 0.29) is 0 Å². The van der Waals surface area contributed by atoms with Gasteiger partial charge in [-0.3, -0.25) is 0 Å². The first-order valence-corrected chi connectivity index (χ1v) is 7.14. The molecule has 0 aliphatic heterocycles. The molecule has 86 valence electrons. The lowest BCUT2D eigenvalue weighted by molar-refractivity contribution is 0.528. The van der Waals surface area contributed by atoms with Crippen molar-refractivity contribution in [2.45, 2.75) is 45.6 Å². The molecule has 15 heavy (non-hydrogen) atoms. The van der Waals surface area contributed by atoms with E-state index in [9.17, 15) is 0 Å². The van der Waals surface area contributed by atoms with E-state index >= 15 is 0 Å². The predicted molar refractivity (Wildman–Crippen MR) is 66.3 cm³/mol. The van der Waals surface area contributed by atoms with Gasteiger partial charge < -0.3 is 0 Å². The third-order valence-corrected chi connectivity index (χ3v) is 3.15. The fraction of sp³-hybridized carbons (Fsp3) is 0.818. The highest BCUT2D eigenvalue weighted by Crippen LogP contribution is 2.07. The van der Waals surface area contributed by atoms with E-state index in [4.69, 9.17) is 0 Å². The summed E-state index contributed by atoms with van der Waals surface area (Å²) in [5.41, 5.74) is 1.30. The highest BCUT2D eigenvalue weighted by atomic mass is 32.2. The number of aromatic nitrogens is 3. The maximum Gasteiger partial charge on any atom is 0.0725 e. The molecule has 0 fully saturated rings. The summed E-state index contributed by atoms with van der Waals surface area (Å²) in [4.78, 5) is 0. The second-order valence-corrected chi connectivity index (χ2v) is 4.74. The molecular weight excluding hydrogens is 206 g/mol. The zero-order chi connectivity index (χ0) is 10.9. The summed E-state index contributed by atoms with van der Waals surface area (Å²) in [5, 5.41) is 8.10. The van der Waals surface area contributed by atoms with E-state index in [1.54, 1.807) is 0 Å². The Kier molecular flexibility index (Phi) is 6.48. The van der Waals surface area contributed by atoms with Gasteiger partial charge in [0.1, 0.15) is 0 Å². The monoisotopic (exact) mass is 227 g/mol. The van der Waals surface area contributed by atoms with Crippen LogP contribution >= 0.6 is 11.8 Å². The van der Waals surface area contributed by atoms with Gasteiger partial charge in [-0.1, -0.05) is 18.6 Å². The molecule has 0 radical (unpaired) electrons. The summed E-state index contributed by atoms with van der Waals surface area (Å²) < 4.78 is 2.06. The Bertz CT molecular complexity index is 260. The Morgan fingerprint density at radius 2 is 2.20 bits per heavy atom. The van der Waals surface area contributed by atoms with Gasteiger partial charge in [0.25, 0.3) is 0 Å². The van der Waals surface area contributed by atoms with Crippen molar-refractivity contribution in [2.75, 3.05) is 12.0 Å². The smallest absolute Gasteiger partial charge is 0.0725 e. The Morgan fingerprint density at radius 1 is 1.33 bits per heavy atom. The van der Waals surface area contributed by atoms with E-state index in [1.165, 1.54) is 37.1 Å². The van der Waals surface area contributed by atoms with Crippen molar-refractivity contribution >= 4 is 11.8 Å². The minimum Gasteiger partial charge on any atom is -0.249 e. The van der Waals surface area contributed by atoms with Gasteiger partial charge in [-0.05, 0) is 37.7 Å². The van der Waals surface area contributed by atoms with E-state index in [0.29, 0.717) is 0 Å². The van der Waals surface area contributed by atoms with Crippen molar-refractivity contribution < 1.29 is 0 Å². The molecule has 0 saturated carbocycles. The van der Waals surface area contributed by atoms with Crippen LogP contribution in [0.25, 0.3) is 0 Å². The Hall–Kier alpha value is -0.510. The topological polar surface area (TPSA) is 30.7 Å². The van der Waals surface area contributed by atoms with Crippen molar-refractivity contribution in [1.82, 2.24) is 15.0 Å². The van der Waals surface area contributed by atoms with Crippen LogP contribution in [0.3, 0.4) is 0 Å². The van der Waals surface area contributed by atoms with Crippen molar-refractivity contribution in [3.8, 4) is 0 Å². The molecule has 4 heteroatoms. The zero-order valence-electron chi connectivity index (χ0n) is 9.78. The minimum absolute atomic E-state index is 1.02. The van der Waals surface area contributed by atoms with Gasteiger partial charge in [-0.15, -0.1) is 5.10 Å². The molecule has 1 heterocycles. The molecule has 0 atom stereocenters. The lowest BCUT2D eigenvalue weighted by Gasteiger charge is -2.04. The van der Waals surface area contributed by atoms with Gasteiger partial charge in [0.05, 0.1) is 11.9 Å². The van der Waals surface area contributed by atoms with E-state index in [1.807, 2.05) is 18.0 Å². The maximum absolute atomic E-state index is 4.11. The zero-order valence-corrected chi connectivity index (χ0v) is 10.6. The standard InChI is InChI=1S/C11H21N3S/c1-3-4-8-14-11(10-12-13-14)7-5-6-9-15-2/h10H,3-9H2,1-2H3. The molecule has 0 bridgehead atoms. The quantitative estimate of drug-likeness (QED) is 0.640. The van der Waals surface area contributed by atoms with Crippen LogP contribution < -0.4 is 0 Å². The van der Waals surface area contributed by atoms with E-state index < -0.39 is 0 Å². The average molecular weight is 227 g/mol. The maximum atomic E-state index is 4.11. The summed E-state index contributed by atoms with van der Waals surface area (Å²) in [6.07, 6.45) is 10.1. The third-order valence-electron chi connectivity index (χ3n) is 2.45. The lowest BCUT2D eigenvalue weighted by atomic mass is 10.2. The van der Waals surface area contributed by atoms with Crippen LogP contribution in [-0.4, -0.2) is 27.0 Å². The number of unbranched alkanes of at least 4 members (excludes halogenated alkanes) is 2. The lowest BCUT2D eigenvalue weighted by Crippen LogP contribution is -2.05. The fourth-order valence-corrected chi connectivity index (χ4v) is 2.01. The average Bonchev–Trinajstić information content (AvgIpc) is 2.69. The molecule has 0 saturated heterocycles. The van der Waals surface area contributed by atoms with Gasteiger partial charge in [0.2, 0.25) is 0 Å². The predicted octanol–water partition coefficient (Wildman–Crippen LogP) is 2.76. The molecule has 1 aromatic rings. The molecule has 1 aromatic heterocycles. The van der Waals surface area contributed by atoms with Crippen LogP contribution in [0.5, 0.6) is 0 Å². The Balaban J connectivity index is 2.29. The number of thioether (sulfide) groups is 1. The summed E-state index contributed by atoms with van der Waals surface area (Å²) in [6.45, 7) is 3.23. The summed E-state index contributed by atoms with van der Waals surface area (Å²) >= 11 is 1.92. The Labute approximate surface area is 96.6 Å². The molecular formula is C11H21N3S. The van der Waals surface area contributed by atoms with Gasteiger partial charge in [-0.2, -0.15) is 11.8 Å². The number of hydrogen-bond acceptors (Lipinski definition) is 3. The van der Waals surface area contributed by atoms with Gasteiger partial charge in [0, 0.05) is 6.54 Å². The van der Waals surface area contributed by atoms with Gasteiger partial charge in [-0.25, -0.2) is 4.68 Å². The molecule has 0 aliphatic carbocycles. The molecule has 0 amide bonds. The third kappa shape index (κ3) is 4.69. The number of rotatable bonds is 8. The first-order chi connectivity index (χ1) is 7.38. The largest absolute Gasteiger partial charge is 0.249 e. The fourth-order valence-electron chi connectivity index (χ4n) is 1.52. The highest BCUT2D eigenvalue weighted by molar-refractivity contribution is 7.98. The molecule has 1 rings (SSSR count). The highest BCUT2D eigenvalue weighted by Gasteiger charge is 2.02. The molecule has 0 aromatic carbocycles. The number of nitrogens with zero attached hydrogens (tertiary/aromatic N) is 3. The molecule has 0 aliphatic rings. The van der Waals surface area contributed by atoms with Crippen molar-refractivity contribution in [2.24, 2.45) is 0 Å². The van der Waals surface area contributed by atoms with Crippen LogP contribution in [0.2, 0.25) is 0 Å². The van der Waals surface area contributed by atoms with Crippen molar-refractivity contribution in [1.29, 1.82) is 0 Å². The normalized spacial score (nSPS) is 10.8. The molecule has 0 N–H and O–H groups in total. The Morgan fingerprint density at radius 3 is 2.93 bits per heavy atom. The molecule has 0 unspecified atom stereocenters. The van der Waals surface area contributed by atoms with Crippen LogP contribution in [0.4, 0.5) is 0 Å². The second-order valence-electron chi connectivity index (χ2n) is 3.75. The summed E-state index contributed by atoms with van der Waals surface area (Å²) in [5.74, 6) is 1.26. The van der Waals surface area contributed by atoms with Gasteiger partial charge >= 0.3 is 0 Å². The first kappa shape index (κ1) is 12.6.